The van der Waals surface area contributed by atoms with Crippen molar-refractivity contribution in [2.75, 3.05) is 4.90 Å². The minimum Gasteiger partial charge on any atom is -0.456 e. The summed E-state index contributed by atoms with van der Waals surface area (Å²) in [5.41, 5.74) is 7.73. The number of hydrogen-bond donors (Lipinski definition) is 0. The third-order valence-electron chi connectivity index (χ3n) is 7.90. The molecule has 198 valence electrons. The Kier molecular flexibility index (Phi) is 5.03. The topological polar surface area (TPSA) is 42.4 Å². The maximum Gasteiger partial charge on any atom is 0.227 e. The van der Waals surface area contributed by atoms with Gasteiger partial charge >= 0.3 is 0 Å². The molecule has 9 aromatic rings. The third-order valence-corrected chi connectivity index (χ3v) is 9.01. The van der Waals surface area contributed by atoms with Gasteiger partial charge in [-0.3, -0.25) is 0 Å². The summed E-state index contributed by atoms with van der Waals surface area (Å²) >= 11 is 1.79. The molecule has 0 atom stereocenters. The molecule has 3 heterocycles. The molecule has 0 N–H and O–H groups in total. The molecule has 42 heavy (non-hydrogen) atoms. The lowest BCUT2D eigenvalue weighted by molar-refractivity contribution is 0.620. The van der Waals surface area contributed by atoms with E-state index in [2.05, 4.69) is 102 Å². The maximum atomic E-state index is 6.19. The van der Waals surface area contributed by atoms with E-state index in [0.29, 0.717) is 5.89 Å². The molecular formula is C37H22N2O2S. The summed E-state index contributed by atoms with van der Waals surface area (Å²) in [6.45, 7) is 0. The van der Waals surface area contributed by atoms with Crippen LogP contribution in [0.1, 0.15) is 0 Å². The lowest BCUT2D eigenvalue weighted by Gasteiger charge is -2.25. The summed E-state index contributed by atoms with van der Waals surface area (Å²) < 4.78 is 14.7. The molecule has 0 aliphatic rings. The maximum absolute atomic E-state index is 6.19. The number of rotatable bonds is 4. The monoisotopic (exact) mass is 558 g/mol. The highest BCUT2D eigenvalue weighted by Gasteiger charge is 2.19. The summed E-state index contributed by atoms with van der Waals surface area (Å²) in [4.78, 5) is 7.12. The first-order valence-corrected chi connectivity index (χ1v) is 14.7. The van der Waals surface area contributed by atoms with Gasteiger partial charge in [0.2, 0.25) is 5.89 Å². The number of aromatic nitrogens is 1. The highest BCUT2D eigenvalue weighted by atomic mass is 32.1. The van der Waals surface area contributed by atoms with Crippen molar-refractivity contribution in [2.24, 2.45) is 0 Å². The van der Waals surface area contributed by atoms with Crippen molar-refractivity contribution in [1.82, 2.24) is 4.98 Å². The number of benzene rings is 6. The van der Waals surface area contributed by atoms with Gasteiger partial charge in [-0.2, -0.15) is 0 Å². The van der Waals surface area contributed by atoms with E-state index >= 15 is 0 Å². The van der Waals surface area contributed by atoms with Gasteiger partial charge in [-0.25, -0.2) is 4.98 Å². The molecule has 0 saturated heterocycles. The van der Waals surface area contributed by atoms with Crippen LogP contribution in [0.25, 0.3) is 64.7 Å². The Morgan fingerprint density at radius 1 is 0.500 bits per heavy atom. The van der Waals surface area contributed by atoms with Crippen LogP contribution >= 0.6 is 11.3 Å². The van der Waals surface area contributed by atoms with E-state index in [0.717, 1.165) is 55.7 Å². The fourth-order valence-electron chi connectivity index (χ4n) is 6.00. The van der Waals surface area contributed by atoms with E-state index in [-0.39, 0.29) is 0 Å². The van der Waals surface area contributed by atoms with Crippen molar-refractivity contribution in [3.63, 3.8) is 0 Å². The number of anilines is 3. The van der Waals surface area contributed by atoms with Gasteiger partial charge in [-0.1, -0.05) is 60.7 Å². The van der Waals surface area contributed by atoms with E-state index in [1.807, 2.05) is 36.4 Å². The second-order valence-electron chi connectivity index (χ2n) is 10.4. The Morgan fingerprint density at radius 3 is 2.17 bits per heavy atom. The fourth-order valence-corrected chi connectivity index (χ4v) is 7.16. The van der Waals surface area contributed by atoms with Gasteiger partial charge in [0.25, 0.3) is 0 Å². The normalized spacial score (nSPS) is 11.8. The predicted octanol–water partition coefficient (Wildman–Crippen LogP) is 11.2. The van der Waals surface area contributed by atoms with Gasteiger partial charge in [0.1, 0.15) is 16.7 Å². The Morgan fingerprint density at radius 2 is 1.26 bits per heavy atom. The number of hydrogen-bond acceptors (Lipinski definition) is 5. The summed E-state index contributed by atoms with van der Waals surface area (Å²) in [7, 11) is 0. The van der Waals surface area contributed by atoms with E-state index < -0.39 is 0 Å². The van der Waals surface area contributed by atoms with Crippen molar-refractivity contribution < 1.29 is 8.83 Å². The van der Waals surface area contributed by atoms with E-state index in [4.69, 9.17) is 13.8 Å². The zero-order valence-electron chi connectivity index (χ0n) is 22.3. The zero-order chi connectivity index (χ0) is 27.6. The molecule has 0 aliphatic carbocycles. The van der Waals surface area contributed by atoms with Gasteiger partial charge in [-0.05, 0) is 72.8 Å². The highest BCUT2D eigenvalue weighted by Crippen LogP contribution is 2.44. The molecule has 6 aromatic carbocycles. The highest BCUT2D eigenvalue weighted by molar-refractivity contribution is 7.26. The van der Waals surface area contributed by atoms with Crippen LogP contribution < -0.4 is 4.90 Å². The van der Waals surface area contributed by atoms with Crippen LogP contribution in [0.5, 0.6) is 0 Å². The molecular weight excluding hydrogens is 536 g/mol. The zero-order valence-corrected chi connectivity index (χ0v) is 23.1. The smallest absolute Gasteiger partial charge is 0.227 e. The van der Waals surface area contributed by atoms with Crippen LogP contribution in [0.15, 0.2) is 142 Å². The van der Waals surface area contributed by atoms with Crippen molar-refractivity contribution in [3.8, 4) is 11.5 Å². The molecule has 0 bridgehead atoms. The molecule has 4 nitrogen and oxygen atoms in total. The Balaban J connectivity index is 1.23. The van der Waals surface area contributed by atoms with E-state index in [1.165, 1.54) is 20.2 Å². The first-order valence-electron chi connectivity index (χ1n) is 13.9. The first-order chi connectivity index (χ1) is 20.8. The number of para-hydroxylation sites is 4. The van der Waals surface area contributed by atoms with Gasteiger partial charge in [0.05, 0.1) is 0 Å². The second kappa shape index (κ2) is 9.06. The fraction of sp³-hybridized carbons (Fsp3) is 0. The molecule has 0 fully saturated rings. The molecule has 0 radical (unpaired) electrons. The number of furan rings is 1. The SMILES string of the molecule is c1ccc(N(c2ccc3c(c2)sc2cccc(-c4nc5ccccc5o4)c23)c2ccc3oc4ccccc4c3c2)cc1. The summed E-state index contributed by atoms with van der Waals surface area (Å²) in [5.74, 6) is 0.650. The summed E-state index contributed by atoms with van der Waals surface area (Å²) in [6, 6.07) is 46.2. The first kappa shape index (κ1) is 23.3. The molecule has 0 spiro atoms. The molecule has 0 aliphatic heterocycles. The molecule has 0 amide bonds. The Bertz CT molecular complexity index is 2400. The van der Waals surface area contributed by atoms with E-state index in [1.54, 1.807) is 11.3 Å². The van der Waals surface area contributed by atoms with Crippen molar-refractivity contribution in [1.29, 1.82) is 0 Å². The van der Waals surface area contributed by atoms with Crippen LogP contribution in [0.3, 0.4) is 0 Å². The molecule has 3 aromatic heterocycles. The van der Waals surface area contributed by atoms with Crippen LogP contribution in [0.2, 0.25) is 0 Å². The summed E-state index contributed by atoms with van der Waals surface area (Å²) in [6.07, 6.45) is 0. The van der Waals surface area contributed by atoms with Gasteiger partial charge < -0.3 is 13.7 Å². The largest absolute Gasteiger partial charge is 0.456 e. The van der Waals surface area contributed by atoms with Crippen LogP contribution in [-0.4, -0.2) is 4.98 Å². The number of nitrogens with zero attached hydrogens (tertiary/aromatic N) is 2. The lowest BCUT2D eigenvalue weighted by atomic mass is 10.1. The number of oxazole rings is 1. The second-order valence-corrected chi connectivity index (χ2v) is 11.5. The standard InChI is InChI=1S/C37H22N2O2S/c1-2-9-23(10-3-1)39(24-18-20-32-29(21-24)26-11-4-6-14-31(26)40-32)25-17-19-27-35(22-25)42-34-16-8-12-28(36(27)34)37-38-30-13-5-7-15-33(30)41-37/h1-22H. The Hall–Kier alpha value is -5.39. The molecule has 0 unspecified atom stereocenters. The lowest BCUT2D eigenvalue weighted by Crippen LogP contribution is -2.09. The number of thiophene rings is 1. The predicted molar refractivity (Wildman–Crippen MR) is 174 cm³/mol. The minimum atomic E-state index is 0.650. The van der Waals surface area contributed by atoms with E-state index in [9.17, 15) is 0 Å². The summed E-state index contributed by atoms with van der Waals surface area (Å²) in [5, 5.41) is 4.60. The van der Waals surface area contributed by atoms with Crippen LogP contribution in [0, 0.1) is 0 Å². The van der Waals surface area contributed by atoms with Gasteiger partial charge in [0.15, 0.2) is 5.58 Å². The molecule has 9 rings (SSSR count). The van der Waals surface area contributed by atoms with Gasteiger partial charge in [0, 0.05) is 53.6 Å². The van der Waals surface area contributed by atoms with Crippen molar-refractivity contribution in [3.05, 3.63) is 133 Å². The number of fused-ring (bicyclic) bond motifs is 7. The van der Waals surface area contributed by atoms with Gasteiger partial charge in [-0.15, -0.1) is 11.3 Å². The third kappa shape index (κ3) is 3.57. The van der Waals surface area contributed by atoms with Crippen molar-refractivity contribution in [2.45, 2.75) is 0 Å². The quantitative estimate of drug-likeness (QED) is 0.215. The average molecular weight is 559 g/mol. The van der Waals surface area contributed by atoms with Crippen LogP contribution in [-0.2, 0) is 0 Å². The van der Waals surface area contributed by atoms with Crippen LogP contribution in [0.4, 0.5) is 17.1 Å². The van der Waals surface area contributed by atoms with Crippen molar-refractivity contribution >= 4 is 81.6 Å². The Labute approximate surface area is 244 Å². The minimum absolute atomic E-state index is 0.650. The molecule has 0 saturated carbocycles. The average Bonchev–Trinajstić information content (AvgIpc) is 3.74. The molecule has 5 heteroatoms.